The fourth-order valence-electron chi connectivity index (χ4n) is 3.00. The smallest absolute Gasteiger partial charge is 0.109 e. The largest absolute Gasteiger partial charge is 0.338 e. The van der Waals surface area contributed by atoms with Crippen LogP contribution in [0.4, 0.5) is 0 Å². The highest BCUT2D eigenvalue weighted by atomic mass is 15.1. The molecule has 2 atom stereocenters. The van der Waals surface area contributed by atoms with Gasteiger partial charge in [-0.05, 0) is 38.8 Å². The van der Waals surface area contributed by atoms with E-state index in [2.05, 4.69) is 40.7 Å². The molecule has 0 bridgehead atoms. The van der Waals surface area contributed by atoms with Gasteiger partial charge in [-0.1, -0.05) is 6.92 Å². The zero-order chi connectivity index (χ0) is 13.7. The predicted octanol–water partition coefficient (Wildman–Crippen LogP) is 1.67. The number of aromatic nitrogens is 2. The van der Waals surface area contributed by atoms with E-state index in [1.807, 2.05) is 12.4 Å². The second kappa shape index (κ2) is 7.06. The maximum Gasteiger partial charge on any atom is 0.109 e. The lowest BCUT2D eigenvalue weighted by Crippen LogP contribution is -2.44. The molecule has 108 valence electrons. The number of nitrogens with one attached hydrogen (secondary N) is 1. The topological polar surface area (TPSA) is 33.1 Å². The van der Waals surface area contributed by atoms with Crippen LogP contribution in [0.1, 0.15) is 32.5 Å². The van der Waals surface area contributed by atoms with Crippen molar-refractivity contribution in [2.45, 2.75) is 39.2 Å². The summed E-state index contributed by atoms with van der Waals surface area (Å²) in [6.45, 7) is 9.36. The fraction of sp³-hybridized carbons (Fsp3) is 0.800. The molecule has 4 nitrogen and oxygen atoms in total. The van der Waals surface area contributed by atoms with Crippen molar-refractivity contribution in [3.63, 3.8) is 0 Å². The first-order chi connectivity index (χ1) is 9.20. The first kappa shape index (κ1) is 14.5. The molecule has 2 heterocycles. The zero-order valence-corrected chi connectivity index (χ0v) is 12.6. The summed E-state index contributed by atoms with van der Waals surface area (Å²) in [5.74, 6) is 1.97. The Labute approximate surface area is 117 Å². The molecule has 0 radical (unpaired) electrons. The molecular weight excluding hydrogens is 236 g/mol. The molecule has 1 N–H and O–H groups in total. The maximum atomic E-state index is 4.37. The van der Waals surface area contributed by atoms with Crippen molar-refractivity contribution in [1.29, 1.82) is 0 Å². The average Bonchev–Trinajstić information content (AvgIpc) is 2.84. The quantitative estimate of drug-likeness (QED) is 0.848. The molecule has 19 heavy (non-hydrogen) atoms. The first-order valence-corrected chi connectivity index (χ1v) is 7.62. The molecule has 1 aliphatic heterocycles. The molecule has 0 amide bonds. The number of likely N-dealkylation sites (tertiary alicyclic amines) is 1. The molecule has 2 rings (SSSR count). The minimum Gasteiger partial charge on any atom is -0.338 e. The van der Waals surface area contributed by atoms with Gasteiger partial charge < -0.3 is 14.8 Å². The Morgan fingerprint density at radius 3 is 3.05 bits per heavy atom. The molecule has 1 saturated heterocycles. The van der Waals surface area contributed by atoms with Crippen LogP contribution < -0.4 is 5.32 Å². The Bertz CT molecular complexity index is 374. The molecule has 0 aliphatic carbocycles. The second-order valence-corrected chi connectivity index (χ2v) is 5.74. The van der Waals surface area contributed by atoms with Crippen molar-refractivity contribution in [1.82, 2.24) is 19.8 Å². The summed E-state index contributed by atoms with van der Waals surface area (Å²) in [6.07, 6.45) is 7.62. The Morgan fingerprint density at radius 1 is 1.53 bits per heavy atom. The molecule has 1 aromatic heterocycles. The fourth-order valence-corrected chi connectivity index (χ4v) is 3.00. The Kier molecular flexibility index (Phi) is 5.40. The molecule has 1 fully saturated rings. The van der Waals surface area contributed by atoms with Crippen LogP contribution in [0.15, 0.2) is 12.4 Å². The Balaban J connectivity index is 1.72. The molecule has 0 aromatic carbocycles. The van der Waals surface area contributed by atoms with Crippen LogP contribution >= 0.6 is 0 Å². The van der Waals surface area contributed by atoms with Gasteiger partial charge in [0.2, 0.25) is 0 Å². The van der Waals surface area contributed by atoms with E-state index in [1.165, 1.54) is 38.3 Å². The Hall–Kier alpha value is -0.870. The van der Waals surface area contributed by atoms with Gasteiger partial charge in [-0.3, -0.25) is 0 Å². The third-order valence-corrected chi connectivity index (χ3v) is 4.43. The van der Waals surface area contributed by atoms with Gasteiger partial charge in [0.15, 0.2) is 0 Å². The van der Waals surface area contributed by atoms with E-state index in [1.54, 1.807) is 0 Å². The van der Waals surface area contributed by atoms with Gasteiger partial charge in [0, 0.05) is 45.0 Å². The minimum absolute atomic E-state index is 0.606. The van der Waals surface area contributed by atoms with Gasteiger partial charge in [0.05, 0.1) is 0 Å². The predicted molar refractivity (Wildman–Crippen MR) is 79.2 cm³/mol. The van der Waals surface area contributed by atoms with Crippen molar-refractivity contribution in [2.24, 2.45) is 13.0 Å². The van der Waals surface area contributed by atoms with Gasteiger partial charge in [-0.2, -0.15) is 0 Å². The highest BCUT2D eigenvalue weighted by Gasteiger charge is 2.23. The number of nitrogens with zero attached hydrogens (tertiary/aromatic N) is 3. The van der Waals surface area contributed by atoms with Crippen LogP contribution in [-0.4, -0.2) is 46.7 Å². The number of aryl methyl sites for hydroxylation is 1. The maximum absolute atomic E-state index is 4.37. The van der Waals surface area contributed by atoms with Gasteiger partial charge in [-0.25, -0.2) is 4.98 Å². The number of imidazole rings is 1. The lowest BCUT2D eigenvalue weighted by Gasteiger charge is -2.35. The van der Waals surface area contributed by atoms with E-state index in [0.29, 0.717) is 6.04 Å². The lowest BCUT2D eigenvalue weighted by atomic mass is 9.91. The molecule has 0 saturated carbocycles. The summed E-state index contributed by atoms with van der Waals surface area (Å²) >= 11 is 0. The third kappa shape index (κ3) is 4.05. The van der Waals surface area contributed by atoms with Crippen molar-refractivity contribution < 1.29 is 0 Å². The van der Waals surface area contributed by atoms with Crippen molar-refractivity contribution in [3.8, 4) is 0 Å². The number of hydrogen-bond donors (Lipinski definition) is 1. The summed E-state index contributed by atoms with van der Waals surface area (Å²) in [4.78, 5) is 6.94. The molecule has 1 aromatic rings. The summed E-state index contributed by atoms with van der Waals surface area (Å²) in [5.41, 5.74) is 0. The van der Waals surface area contributed by atoms with Crippen molar-refractivity contribution in [3.05, 3.63) is 18.2 Å². The molecule has 4 heteroatoms. The van der Waals surface area contributed by atoms with E-state index in [-0.39, 0.29) is 0 Å². The second-order valence-electron chi connectivity index (χ2n) is 5.74. The molecular formula is C15H28N4. The van der Waals surface area contributed by atoms with Crippen LogP contribution in [0.2, 0.25) is 0 Å². The van der Waals surface area contributed by atoms with E-state index in [4.69, 9.17) is 0 Å². The monoisotopic (exact) mass is 264 g/mol. The molecule has 2 unspecified atom stereocenters. The summed E-state index contributed by atoms with van der Waals surface area (Å²) in [5, 5.41) is 3.68. The molecule has 1 aliphatic rings. The van der Waals surface area contributed by atoms with Gasteiger partial charge in [-0.15, -0.1) is 0 Å². The van der Waals surface area contributed by atoms with E-state index in [9.17, 15) is 0 Å². The molecule has 0 spiro atoms. The van der Waals surface area contributed by atoms with Crippen LogP contribution in [0.5, 0.6) is 0 Å². The lowest BCUT2D eigenvalue weighted by molar-refractivity contribution is 0.157. The van der Waals surface area contributed by atoms with E-state index in [0.717, 1.165) is 18.9 Å². The standard InChI is InChI=1S/C15H28N4/c1-4-19-10-5-6-14(12-19)13(2)16-8-7-15-17-9-11-18(15)3/h9,11,13-14,16H,4-8,10,12H2,1-3H3. The van der Waals surface area contributed by atoms with Crippen LogP contribution in [0.25, 0.3) is 0 Å². The highest BCUT2D eigenvalue weighted by Crippen LogP contribution is 2.19. The van der Waals surface area contributed by atoms with E-state index >= 15 is 0 Å². The number of rotatable bonds is 6. The van der Waals surface area contributed by atoms with Gasteiger partial charge >= 0.3 is 0 Å². The van der Waals surface area contributed by atoms with E-state index < -0.39 is 0 Å². The number of piperidine rings is 1. The highest BCUT2D eigenvalue weighted by molar-refractivity contribution is 4.92. The zero-order valence-electron chi connectivity index (χ0n) is 12.6. The third-order valence-electron chi connectivity index (χ3n) is 4.43. The summed E-state index contributed by atoms with van der Waals surface area (Å²) in [7, 11) is 2.06. The Morgan fingerprint density at radius 2 is 2.37 bits per heavy atom. The van der Waals surface area contributed by atoms with Crippen LogP contribution in [0, 0.1) is 5.92 Å². The number of hydrogen-bond acceptors (Lipinski definition) is 3. The normalized spacial score (nSPS) is 22.6. The average molecular weight is 264 g/mol. The van der Waals surface area contributed by atoms with Crippen molar-refractivity contribution >= 4 is 0 Å². The van der Waals surface area contributed by atoms with Gasteiger partial charge in [0.25, 0.3) is 0 Å². The first-order valence-electron chi connectivity index (χ1n) is 7.62. The summed E-state index contributed by atoms with van der Waals surface area (Å²) in [6, 6.07) is 0.606. The van der Waals surface area contributed by atoms with Crippen LogP contribution in [-0.2, 0) is 13.5 Å². The SMILES string of the molecule is CCN1CCCC(C(C)NCCc2nccn2C)C1. The minimum atomic E-state index is 0.606. The van der Waals surface area contributed by atoms with Crippen LogP contribution in [0.3, 0.4) is 0 Å². The summed E-state index contributed by atoms with van der Waals surface area (Å²) < 4.78 is 2.10. The van der Waals surface area contributed by atoms with Crippen molar-refractivity contribution in [2.75, 3.05) is 26.2 Å². The van der Waals surface area contributed by atoms with Gasteiger partial charge in [0.1, 0.15) is 5.82 Å².